The zero-order valence-electron chi connectivity index (χ0n) is 15.4. The smallest absolute Gasteiger partial charge is 0.376 e. The van der Waals surface area contributed by atoms with Crippen molar-refractivity contribution >= 4 is 23.2 Å². The van der Waals surface area contributed by atoms with E-state index in [2.05, 4.69) is 0 Å². The van der Waals surface area contributed by atoms with Gasteiger partial charge in [-0.3, -0.25) is 4.79 Å². The molecule has 0 spiro atoms. The molecule has 8 heteroatoms. The van der Waals surface area contributed by atoms with E-state index >= 15 is 0 Å². The van der Waals surface area contributed by atoms with Gasteiger partial charge in [-0.1, -0.05) is 23.7 Å². The van der Waals surface area contributed by atoms with Crippen LogP contribution in [0.3, 0.4) is 0 Å². The second-order valence-electron chi connectivity index (χ2n) is 6.69. The lowest BCUT2D eigenvalue weighted by Gasteiger charge is -2.29. The van der Waals surface area contributed by atoms with Crippen molar-refractivity contribution in [1.82, 2.24) is 0 Å². The Bertz CT molecular complexity index is 917. The molecule has 0 saturated carbocycles. The molecule has 0 radical (unpaired) electrons. The van der Waals surface area contributed by atoms with E-state index in [1.165, 1.54) is 35.2 Å². The van der Waals surface area contributed by atoms with Gasteiger partial charge in [0.2, 0.25) is 0 Å². The summed E-state index contributed by atoms with van der Waals surface area (Å²) in [7, 11) is 0. The number of nitriles is 1. The van der Waals surface area contributed by atoms with Gasteiger partial charge in [-0.2, -0.15) is 18.4 Å². The van der Waals surface area contributed by atoms with Gasteiger partial charge in [0.25, 0.3) is 5.91 Å². The van der Waals surface area contributed by atoms with Gasteiger partial charge in [-0.15, -0.1) is 0 Å². The van der Waals surface area contributed by atoms with Gasteiger partial charge in [0.1, 0.15) is 0 Å². The average molecular weight is 411 g/mol. The van der Waals surface area contributed by atoms with Crippen LogP contribution in [-0.4, -0.2) is 23.2 Å². The fraction of sp³-hybridized carbons (Fsp3) is 0.300. The molecule has 2 aromatic carbocycles. The lowest BCUT2D eigenvalue weighted by molar-refractivity contribution is -0.258. The molecule has 2 aromatic rings. The van der Waals surface area contributed by atoms with Gasteiger partial charge in [0.05, 0.1) is 22.3 Å². The zero-order chi connectivity index (χ0) is 21.3. The summed E-state index contributed by atoms with van der Waals surface area (Å²) >= 11 is 6.20. The normalized spacial score (nSPS) is 13.7. The summed E-state index contributed by atoms with van der Waals surface area (Å²) in [5.74, 6) is -0.495. The molecular weight excluding hydrogens is 393 g/mol. The monoisotopic (exact) mass is 410 g/mol. The van der Waals surface area contributed by atoms with E-state index < -0.39 is 17.7 Å². The Balaban J connectivity index is 2.44. The van der Waals surface area contributed by atoms with Crippen LogP contribution in [0.4, 0.5) is 18.9 Å². The van der Waals surface area contributed by atoms with E-state index in [0.29, 0.717) is 18.2 Å². The molecule has 0 aliphatic rings. The minimum Gasteiger partial charge on any atom is -0.376 e. The highest BCUT2D eigenvalue weighted by Crippen LogP contribution is 2.38. The quantitative estimate of drug-likeness (QED) is 0.768. The SMILES string of the molecule is CC(C)N(C(=O)c1ccc(C(C)(O)C(F)(F)F)cc1)c1cc(C#N)ccc1Cl. The fourth-order valence-corrected chi connectivity index (χ4v) is 2.84. The molecule has 1 atom stereocenters. The molecule has 0 fully saturated rings. The van der Waals surface area contributed by atoms with E-state index in [-0.39, 0.29) is 22.2 Å². The van der Waals surface area contributed by atoms with E-state index in [4.69, 9.17) is 16.9 Å². The van der Waals surface area contributed by atoms with Crippen molar-refractivity contribution in [3.05, 3.63) is 64.2 Å². The Labute approximate surface area is 165 Å². The zero-order valence-corrected chi connectivity index (χ0v) is 16.1. The molecule has 1 amide bonds. The Hall–Kier alpha value is -2.56. The topological polar surface area (TPSA) is 64.3 Å². The van der Waals surface area contributed by atoms with Crippen LogP contribution < -0.4 is 4.90 Å². The van der Waals surface area contributed by atoms with Crippen molar-refractivity contribution in [3.8, 4) is 6.07 Å². The summed E-state index contributed by atoms with van der Waals surface area (Å²) in [6.07, 6.45) is -4.85. The van der Waals surface area contributed by atoms with Gasteiger partial charge in [0.15, 0.2) is 5.60 Å². The predicted molar refractivity (Wildman–Crippen MR) is 100 cm³/mol. The van der Waals surface area contributed by atoms with Crippen LogP contribution >= 0.6 is 11.6 Å². The third kappa shape index (κ3) is 4.13. The lowest BCUT2D eigenvalue weighted by Crippen LogP contribution is -2.39. The average Bonchev–Trinajstić information content (AvgIpc) is 2.62. The molecule has 0 aromatic heterocycles. The summed E-state index contributed by atoms with van der Waals surface area (Å²) in [6.45, 7) is 4.14. The molecule has 0 aliphatic heterocycles. The van der Waals surface area contributed by atoms with Crippen LogP contribution in [0, 0.1) is 11.3 Å². The number of carbonyl (C=O) groups is 1. The first-order chi connectivity index (χ1) is 12.9. The van der Waals surface area contributed by atoms with Crippen molar-refractivity contribution in [3.63, 3.8) is 0 Å². The van der Waals surface area contributed by atoms with Crippen molar-refractivity contribution in [1.29, 1.82) is 5.26 Å². The van der Waals surface area contributed by atoms with Crippen molar-refractivity contribution in [2.45, 2.75) is 38.6 Å². The van der Waals surface area contributed by atoms with Crippen LogP contribution in [0.2, 0.25) is 5.02 Å². The van der Waals surface area contributed by atoms with Gasteiger partial charge < -0.3 is 10.0 Å². The number of anilines is 1. The van der Waals surface area contributed by atoms with Crippen LogP contribution in [0.5, 0.6) is 0 Å². The number of benzene rings is 2. The van der Waals surface area contributed by atoms with E-state index in [1.807, 2.05) is 6.07 Å². The van der Waals surface area contributed by atoms with Crippen LogP contribution in [-0.2, 0) is 5.60 Å². The maximum Gasteiger partial charge on any atom is 0.421 e. The second kappa shape index (κ2) is 7.82. The number of alkyl halides is 3. The van der Waals surface area contributed by atoms with Gasteiger partial charge in [-0.25, -0.2) is 0 Å². The number of hydrogen-bond donors (Lipinski definition) is 1. The van der Waals surface area contributed by atoms with Crippen LogP contribution in [0.25, 0.3) is 0 Å². The van der Waals surface area contributed by atoms with Crippen LogP contribution in [0.1, 0.15) is 42.3 Å². The molecule has 1 N–H and O–H groups in total. The van der Waals surface area contributed by atoms with Gasteiger partial charge in [0, 0.05) is 11.6 Å². The molecule has 28 heavy (non-hydrogen) atoms. The summed E-state index contributed by atoms with van der Waals surface area (Å²) in [6, 6.07) is 10.7. The highest BCUT2D eigenvalue weighted by molar-refractivity contribution is 6.34. The molecule has 0 aliphatic carbocycles. The molecule has 4 nitrogen and oxygen atoms in total. The van der Waals surface area contributed by atoms with E-state index in [0.717, 1.165) is 12.1 Å². The third-order valence-electron chi connectivity index (χ3n) is 4.32. The first-order valence-electron chi connectivity index (χ1n) is 8.33. The summed E-state index contributed by atoms with van der Waals surface area (Å²) < 4.78 is 38.9. The Kier molecular flexibility index (Phi) is 6.07. The Morgan fingerprint density at radius 2 is 1.75 bits per heavy atom. The van der Waals surface area contributed by atoms with Gasteiger partial charge >= 0.3 is 6.18 Å². The number of hydrogen-bond acceptors (Lipinski definition) is 3. The Morgan fingerprint density at radius 3 is 2.21 bits per heavy atom. The maximum absolute atomic E-state index is 13.0. The highest BCUT2D eigenvalue weighted by atomic mass is 35.5. The first kappa shape index (κ1) is 21.7. The minimum atomic E-state index is -4.85. The molecule has 0 heterocycles. The number of amides is 1. The number of carbonyl (C=O) groups excluding carboxylic acids is 1. The van der Waals surface area contributed by atoms with Crippen LogP contribution in [0.15, 0.2) is 42.5 Å². The fourth-order valence-electron chi connectivity index (χ4n) is 2.63. The second-order valence-corrected chi connectivity index (χ2v) is 7.10. The molecule has 0 bridgehead atoms. The molecule has 2 rings (SSSR count). The standard InChI is InChI=1S/C20H18ClF3N2O2/c1-12(2)26(17-10-13(11-25)4-9-16(17)21)18(27)14-5-7-15(8-6-14)19(3,28)20(22,23)24/h4-10,12,28H,1-3H3. The highest BCUT2D eigenvalue weighted by Gasteiger charge is 2.51. The van der Waals surface area contributed by atoms with Gasteiger partial charge in [-0.05, 0) is 56.7 Å². The van der Waals surface area contributed by atoms with E-state index in [1.54, 1.807) is 13.8 Å². The maximum atomic E-state index is 13.0. The molecule has 148 valence electrons. The molecule has 1 unspecified atom stereocenters. The third-order valence-corrected chi connectivity index (χ3v) is 4.64. The number of halogens is 4. The number of nitrogens with zero attached hydrogens (tertiary/aromatic N) is 2. The molecule has 0 saturated heterocycles. The largest absolute Gasteiger partial charge is 0.421 e. The minimum absolute atomic E-state index is 0.119. The Morgan fingerprint density at radius 1 is 1.18 bits per heavy atom. The first-order valence-corrected chi connectivity index (χ1v) is 8.70. The number of rotatable bonds is 4. The lowest BCUT2D eigenvalue weighted by atomic mass is 9.94. The summed E-state index contributed by atoms with van der Waals surface area (Å²) in [4.78, 5) is 14.4. The van der Waals surface area contributed by atoms with Crippen molar-refractivity contribution in [2.24, 2.45) is 0 Å². The predicted octanol–water partition coefficient (Wildman–Crippen LogP) is 5.04. The van der Waals surface area contributed by atoms with Crippen molar-refractivity contribution in [2.75, 3.05) is 4.90 Å². The summed E-state index contributed by atoms with van der Waals surface area (Å²) in [5.41, 5.74) is -2.65. The van der Waals surface area contributed by atoms with Crippen molar-refractivity contribution < 1.29 is 23.1 Å². The summed E-state index contributed by atoms with van der Waals surface area (Å²) in [5, 5.41) is 19.1. The molecular formula is C20H18ClF3N2O2. The van der Waals surface area contributed by atoms with E-state index in [9.17, 15) is 23.1 Å². The number of aliphatic hydroxyl groups is 1.